The van der Waals surface area contributed by atoms with Crippen molar-refractivity contribution >= 4 is 6.09 Å². The van der Waals surface area contributed by atoms with E-state index in [0.717, 1.165) is 11.1 Å². The molecule has 1 aromatic carbocycles. The van der Waals surface area contributed by atoms with E-state index in [4.69, 9.17) is 10.5 Å². The smallest absolute Gasteiger partial charge is 0.409 e. The highest BCUT2D eigenvalue weighted by Gasteiger charge is 2.53. The maximum atomic E-state index is 12.1. The van der Waals surface area contributed by atoms with Gasteiger partial charge in [-0.25, -0.2) is 4.79 Å². The summed E-state index contributed by atoms with van der Waals surface area (Å²) in [4.78, 5) is 13.6. The van der Waals surface area contributed by atoms with E-state index in [9.17, 15) is 20.6 Å². The third kappa shape index (κ3) is 2.68. The van der Waals surface area contributed by atoms with Crippen LogP contribution in [0.5, 0.6) is 0 Å². The van der Waals surface area contributed by atoms with Gasteiger partial charge < -0.3 is 15.4 Å². The molecule has 2 atom stereocenters. The molecule has 2 N–H and O–H groups in total. The minimum atomic E-state index is -1.71. The van der Waals surface area contributed by atoms with E-state index in [1.807, 2.05) is 43.3 Å². The number of hydrogen-bond acceptors (Lipinski definition) is 6. The Kier molecular flexibility index (Phi) is 4.82. The minimum absolute atomic E-state index is 0.0273. The van der Waals surface area contributed by atoms with Gasteiger partial charge in [-0.05, 0) is 18.1 Å². The van der Waals surface area contributed by atoms with Crippen LogP contribution in [0.1, 0.15) is 17.0 Å². The highest BCUT2D eigenvalue weighted by Crippen LogP contribution is 2.52. The third-order valence-corrected chi connectivity index (χ3v) is 5.48. The first-order valence-electron chi connectivity index (χ1n) is 8.76. The Bertz CT molecular complexity index is 1000. The lowest BCUT2D eigenvalue weighted by atomic mass is 9.60. The lowest BCUT2D eigenvalue weighted by molar-refractivity contribution is 0.117. The molecule has 7 heteroatoms. The molecular formula is C21H19N5O2. The van der Waals surface area contributed by atoms with Gasteiger partial charge in [-0.3, -0.25) is 0 Å². The second-order valence-corrected chi connectivity index (χ2v) is 6.95. The zero-order valence-electron chi connectivity index (χ0n) is 15.6. The number of hydrogen-bond donors (Lipinski definition) is 1. The molecule has 140 valence electrons. The number of nitrogens with zero attached hydrogens (tertiary/aromatic N) is 4. The lowest BCUT2D eigenvalue weighted by Gasteiger charge is -2.44. The van der Waals surface area contributed by atoms with Crippen LogP contribution in [0.2, 0.25) is 0 Å². The van der Waals surface area contributed by atoms with Crippen molar-refractivity contribution in [1.82, 2.24) is 4.90 Å². The summed E-state index contributed by atoms with van der Waals surface area (Å²) < 4.78 is 4.83. The summed E-state index contributed by atoms with van der Waals surface area (Å²) in [5.74, 6) is -0.894. The molecule has 28 heavy (non-hydrogen) atoms. The minimum Gasteiger partial charge on any atom is -0.453 e. The first kappa shape index (κ1) is 19.0. The quantitative estimate of drug-likeness (QED) is 0.753. The topological polar surface area (TPSA) is 127 Å². The molecule has 1 heterocycles. The summed E-state index contributed by atoms with van der Waals surface area (Å²) in [6, 6.07) is 13.8. The summed E-state index contributed by atoms with van der Waals surface area (Å²) in [6.07, 6.45) is 1.19. The van der Waals surface area contributed by atoms with Gasteiger partial charge in [-0.15, -0.1) is 0 Å². The summed E-state index contributed by atoms with van der Waals surface area (Å²) in [5, 5.41) is 29.6. The number of methoxy groups -OCH3 is 1. The SMILES string of the molecule is COC(=O)N1CC=C2[C@H](C1)[C@@H](c1cccc(C)c1)C(C#N)=C(N)C2(C#N)C#N. The standard InChI is InChI=1S/C21H19N5O2/c1-13-4-3-5-14(8-13)18-15(9-22)19(25)21(11-23,12-24)17-6-7-26(10-16(17)18)20(27)28-2/h3-6,8,16,18H,7,10,25H2,1-2H3/t16-,18-/m0/s1. The van der Waals surface area contributed by atoms with Gasteiger partial charge >= 0.3 is 6.09 Å². The number of benzene rings is 1. The fraction of sp³-hybridized carbons (Fsp3) is 0.333. The van der Waals surface area contributed by atoms with Crippen molar-refractivity contribution in [3.8, 4) is 18.2 Å². The van der Waals surface area contributed by atoms with E-state index in [-0.39, 0.29) is 24.4 Å². The van der Waals surface area contributed by atoms with Crippen LogP contribution >= 0.6 is 0 Å². The normalized spacial score (nSPS) is 22.8. The first-order valence-corrected chi connectivity index (χ1v) is 8.76. The van der Waals surface area contributed by atoms with Gasteiger partial charge in [0.1, 0.15) is 0 Å². The van der Waals surface area contributed by atoms with Crippen LogP contribution < -0.4 is 5.73 Å². The molecule has 0 unspecified atom stereocenters. The molecule has 1 aliphatic carbocycles. The Morgan fingerprint density at radius 3 is 2.61 bits per heavy atom. The third-order valence-electron chi connectivity index (χ3n) is 5.48. The average molecular weight is 373 g/mol. The number of nitrogens with two attached hydrogens (primary N) is 1. The maximum absolute atomic E-state index is 12.1. The van der Waals surface area contributed by atoms with Gasteiger partial charge in [0.05, 0.1) is 36.6 Å². The van der Waals surface area contributed by atoms with Crippen molar-refractivity contribution in [2.24, 2.45) is 17.1 Å². The Morgan fingerprint density at radius 2 is 2.04 bits per heavy atom. The summed E-state index contributed by atoms with van der Waals surface area (Å²) in [5.41, 5.74) is 7.12. The number of ether oxygens (including phenoxy) is 1. The molecule has 7 nitrogen and oxygen atoms in total. The zero-order valence-corrected chi connectivity index (χ0v) is 15.6. The molecule has 1 aromatic rings. The molecule has 0 saturated heterocycles. The van der Waals surface area contributed by atoms with Gasteiger partial charge in [-0.2, -0.15) is 15.8 Å². The van der Waals surface area contributed by atoms with Gasteiger partial charge in [0.25, 0.3) is 0 Å². The molecule has 1 aliphatic heterocycles. The molecule has 0 radical (unpaired) electrons. The number of carbonyl (C=O) groups excluding carboxylic acids is 1. The van der Waals surface area contributed by atoms with Gasteiger partial charge in [-0.1, -0.05) is 35.9 Å². The fourth-order valence-corrected chi connectivity index (χ4v) is 4.16. The van der Waals surface area contributed by atoms with Gasteiger partial charge in [0.2, 0.25) is 5.41 Å². The van der Waals surface area contributed by atoms with Crippen LogP contribution in [0.25, 0.3) is 0 Å². The molecule has 1 amide bonds. The van der Waals surface area contributed by atoms with Crippen molar-refractivity contribution in [2.45, 2.75) is 12.8 Å². The predicted octanol–water partition coefficient (Wildman–Crippen LogP) is 2.49. The second kappa shape index (κ2) is 7.10. The highest BCUT2D eigenvalue weighted by molar-refractivity contribution is 5.69. The summed E-state index contributed by atoms with van der Waals surface area (Å²) in [7, 11) is 1.30. The van der Waals surface area contributed by atoms with E-state index < -0.39 is 23.3 Å². The van der Waals surface area contributed by atoms with E-state index in [1.54, 1.807) is 6.08 Å². The van der Waals surface area contributed by atoms with Crippen molar-refractivity contribution < 1.29 is 9.53 Å². The summed E-state index contributed by atoms with van der Waals surface area (Å²) >= 11 is 0. The lowest BCUT2D eigenvalue weighted by Crippen LogP contribution is -2.48. The molecule has 2 aliphatic rings. The molecular weight excluding hydrogens is 354 g/mol. The molecule has 0 saturated carbocycles. The monoisotopic (exact) mass is 373 g/mol. The number of rotatable bonds is 1. The Morgan fingerprint density at radius 1 is 1.32 bits per heavy atom. The Labute approximate surface area is 163 Å². The van der Waals surface area contributed by atoms with Crippen molar-refractivity contribution in [2.75, 3.05) is 20.2 Å². The van der Waals surface area contributed by atoms with Crippen LogP contribution in [0, 0.1) is 52.2 Å². The predicted molar refractivity (Wildman–Crippen MR) is 100.0 cm³/mol. The first-order chi connectivity index (χ1) is 13.4. The van der Waals surface area contributed by atoms with Crippen molar-refractivity contribution in [3.05, 3.63) is 58.3 Å². The van der Waals surface area contributed by atoms with Crippen LogP contribution in [-0.4, -0.2) is 31.2 Å². The zero-order chi connectivity index (χ0) is 20.5. The van der Waals surface area contributed by atoms with E-state index in [0.29, 0.717) is 5.57 Å². The van der Waals surface area contributed by atoms with Crippen molar-refractivity contribution in [3.63, 3.8) is 0 Å². The summed E-state index contributed by atoms with van der Waals surface area (Å²) in [6.45, 7) is 2.37. The number of aryl methyl sites for hydroxylation is 1. The number of amides is 1. The Hall–Kier alpha value is -3.76. The number of fused-ring (bicyclic) bond motifs is 1. The van der Waals surface area contributed by atoms with E-state index in [1.165, 1.54) is 12.0 Å². The largest absolute Gasteiger partial charge is 0.453 e. The molecule has 3 rings (SSSR count). The highest BCUT2D eigenvalue weighted by atomic mass is 16.5. The van der Waals surface area contributed by atoms with Crippen LogP contribution in [-0.2, 0) is 4.74 Å². The Balaban J connectivity index is 2.28. The van der Waals surface area contributed by atoms with Crippen LogP contribution in [0.4, 0.5) is 4.79 Å². The number of allylic oxidation sites excluding steroid dienone is 2. The number of carbonyl (C=O) groups is 1. The second-order valence-electron chi connectivity index (χ2n) is 6.95. The van der Waals surface area contributed by atoms with E-state index >= 15 is 0 Å². The van der Waals surface area contributed by atoms with Crippen molar-refractivity contribution in [1.29, 1.82) is 15.8 Å². The van der Waals surface area contributed by atoms with Gasteiger partial charge in [0.15, 0.2) is 0 Å². The fourth-order valence-electron chi connectivity index (χ4n) is 4.16. The van der Waals surface area contributed by atoms with Crippen LogP contribution in [0.15, 0.2) is 47.2 Å². The maximum Gasteiger partial charge on any atom is 0.409 e. The van der Waals surface area contributed by atoms with Gasteiger partial charge in [0, 0.05) is 24.9 Å². The average Bonchev–Trinajstić information content (AvgIpc) is 2.72. The van der Waals surface area contributed by atoms with Crippen LogP contribution in [0.3, 0.4) is 0 Å². The molecule has 0 aromatic heterocycles. The molecule has 0 bridgehead atoms. The molecule has 0 fully saturated rings. The molecule has 0 spiro atoms. The van der Waals surface area contributed by atoms with E-state index in [2.05, 4.69) is 6.07 Å². The number of nitriles is 3.